The van der Waals surface area contributed by atoms with Gasteiger partial charge < -0.3 is 10.3 Å². The zero-order valence-electron chi connectivity index (χ0n) is 14.5. The second-order valence-electron chi connectivity index (χ2n) is 6.05. The number of urea groups is 1. The molecule has 7 nitrogen and oxygen atoms in total. The molecule has 1 aromatic heterocycles. The van der Waals surface area contributed by atoms with Crippen LogP contribution in [0.4, 0.5) is 4.79 Å². The summed E-state index contributed by atoms with van der Waals surface area (Å²) in [7, 11) is 0. The Kier molecular flexibility index (Phi) is 6.91. The maximum Gasteiger partial charge on any atom is 0.318 e. The maximum absolute atomic E-state index is 11.9. The number of hydrogen-bond acceptors (Lipinski definition) is 5. The Morgan fingerprint density at radius 2 is 1.96 bits per heavy atom. The molecule has 0 aliphatic heterocycles. The van der Waals surface area contributed by atoms with Crippen LogP contribution in [0.3, 0.4) is 0 Å². The quantitative estimate of drug-likeness (QED) is 0.701. The average Bonchev–Trinajstić information content (AvgIpc) is 2.88. The fourth-order valence-corrected chi connectivity index (χ4v) is 3.56. The van der Waals surface area contributed by atoms with Gasteiger partial charge in [0.25, 0.3) is 0 Å². The minimum absolute atomic E-state index is 0.310. The van der Waals surface area contributed by atoms with Crippen LogP contribution < -0.4 is 11.1 Å². The van der Waals surface area contributed by atoms with Gasteiger partial charge in [0, 0.05) is 17.1 Å². The van der Waals surface area contributed by atoms with E-state index in [9.17, 15) is 9.59 Å². The second kappa shape index (κ2) is 8.75. The van der Waals surface area contributed by atoms with Gasteiger partial charge in [-0.3, -0.25) is 10.1 Å². The molecule has 0 saturated carbocycles. The van der Waals surface area contributed by atoms with E-state index in [1.807, 2.05) is 4.57 Å². The summed E-state index contributed by atoms with van der Waals surface area (Å²) < 4.78 is 1.90. The van der Waals surface area contributed by atoms with Crippen LogP contribution in [0, 0.1) is 5.92 Å². The van der Waals surface area contributed by atoms with Gasteiger partial charge in [-0.15, -0.1) is 10.2 Å². The third-order valence-corrected chi connectivity index (χ3v) is 4.96. The normalized spacial score (nSPS) is 12.2. The van der Waals surface area contributed by atoms with Crippen molar-refractivity contribution in [1.29, 1.82) is 0 Å². The Balaban J connectivity index is 2.37. The van der Waals surface area contributed by atoms with Crippen LogP contribution in [0.2, 0.25) is 10.0 Å². The first kappa shape index (κ1) is 20.5. The van der Waals surface area contributed by atoms with Gasteiger partial charge in [-0.05, 0) is 31.0 Å². The number of amides is 3. The summed E-state index contributed by atoms with van der Waals surface area (Å²) in [6, 6.07) is 4.26. The predicted octanol–water partition coefficient (Wildman–Crippen LogP) is 3.58. The average molecular weight is 416 g/mol. The summed E-state index contributed by atoms with van der Waals surface area (Å²) in [5.74, 6) is 0.406. The van der Waals surface area contributed by atoms with Crippen LogP contribution in [-0.4, -0.2) is 32.0 Å². The number of benzene rings is 1. The zero-order valence-corrected chi connectivity index (χ0v) is 16.8. The zero-order chi connectivity index (χ0) is 19.4. The minimum atomic E-state index is -0.889. The highest BCUT2D eigenvalue weighted by molar-refractivity contribution is 8.00. The Morgan fingerprint density at radius 1 is 1.27 bits per heavy atom. The van der Waals surface area contributed by atoms with Gasteiger partial charge in [-0.25, -0.2) is 4.79 Å². The lowest BCUT2D eigenvalue weighted by Crippen LogP contribution is -2.39. The highest BCUT2D eigenvalue weighted by Gasteiger charge is 2.23. The molecule has 10 heteroatoms. The number of imide groups is 1. The van der Waals surface area contributed by atoms with Gasteiger partial charge in [-0.2, -0.15) is 0 Å². The molecule has 26 heavy (non-hydrogen) atoms. The van der Waals surface area contributed by atoms with Crippen molar-refractivity contribution in [2.45, 2.75) is 37.7 Å². The van der Waals surface area contributed by atoms with Gasteiger partial charge in [0.1, 0.15) is 0 Å². The summed E-state index contributed by atoms with van der Waals surface area (Å²) in [6.45, 7) is 6.41. The molecule has 0 aliphatic rings. The van der Waals surface area contributed by atoms with Crippen molar-refractivity contribution in [1.82, 2.24) is 20.1 Å². The van der Waals surface area contributed by atoms with Crippen molar-refractivity contribution in [3.63, 3.8) is 0 Å². The van der Waals surface area contributed by atoms with Crippen molar-refractivity contribution in [2.75, 3.05) is 0 Å². The summed E-state index contributed by atoms with van der Waals surface area (Å²) in [5, 5.41) is 11.5. The molecule has 3 amide bonds. The standard InChI is InChI=1S/C16H19Cl2N5O2S/c1-8(2)7-23-13(11-5-4-10(17)6-12(11)18)21-22-16(23)26-9(3)14(24)20-15(19)25/h4-6,8-9H,7H2,1-3H3,(H3,19,20,24,25)/t9-/m1/s1. The monoisotopic (exact) mass is 415 g/mol. The van der Waals surface area contributed by atoms with Gasteiger partial charge in [0.2, 0.25) is 5.91 Å². The number of carbonyl (C=O) groups is 2. The molecule has 0 aliphatic carbocycles. The molecule has 0 fully saturated rings. The van der Waals surface area contributed by atoms with E-state index in [1.165, 1.54) is 11.8 Å². The van der Waals surface area contributed by atoms with Gasteiger partial charge in [-0.1, -0.05) is 48.8 Å². The summed E-state index contributed by atoms with van der Waals surface area (Å²) >= 11 is 13.5. The molecule has 1 heterocycles. The van der Waals surface area contributed by atoms with Gasteiger partial charge in [0.05, 0.1) is 10.3 Å². The topological polar surface area (TPSA) is 103 Å². The number of nitrogens with zero attached hydrogens (tertiary/aromatic N) is 3. The number of carbonyl (C=O) groups excluding carboxylic acids is 2. The molecule has 0 bridgehead atoms. The molecule has 0 spiro atoms. The van der Waals surface area contributed by atoms with Crippen LogP contribution in [0.1, 0.15) is 20.8 Å². The van der Waals surface area contributed by atoms with E-state index in [0.717, 1.165) is 0 Å². The number of hydrogen-bond donors (Lipinski definition) is 2. The Bertz CT molecular complexity index is 825. The molecule has 2 aromatic rings. The van der Waals surface area contributed by atoms with E-state index < -0.39 is 17.2 Å². The molecule has 0 unspecified atom stereocenters. The van der Waals surface area contributed by atoms with Crippen molar-refractivity contribution >= 4 is 46.9 Å². The molecule has 1 aromatic carbocycles. The third kappa shape index (κ3) is 5.12. The van der Waals surface area contributed by atoms with Crippen molar-refractivity contribution in [3.05, 3.63) is 28.2 Å². The van der Waals surface area contributed by atoms with E-state index in [-0.39, 0.29) is 0 Å². The van der Waals surface area contributed by atoms with Crippen molar-refractivity contribution in [3.8, 4) is 11.4 Å². The highest BCUT2D eigenvalue weighted by Crippen LogP contribution is 2.33. The number of halogens is 2. The predicted molar refractivity (Wildman–Crippen MR) is 103 cm³/mol. The SMILES string of the molecule is CC(C)Cn1c(S[C@H](C)C(=O)NC(N)=O)nnc1-c1ccc(Cl)cc1Cl. The molecule has 0 saturated heterocycles. The number of thioether (sulfide) groups is 1. The smallest absolute Gasteiger partial charge is 0.318 e. The van der Waals surface area contributed by atoms with Crippen LogP contribution in [0.25, 0.3) is 11.4 Å². The number of nitrogens with two attached hydrogens (primary N) is 1. The van der Waals surface area contributed by atoms with E-state index in [0.29, 0.717) is 39.1 Å². The number of nitrogens with one attached hydrogen (secondary N) is 1. The van der Waals surface area contributed by atoms with Crippen LogP contribution in [-0.2, 0) is 11.3 Å². The second-order valence-corrected chi connectivity index (χ2v) is 8.20. The first-order chi connectivity index (χ1) is 12.2. The number of primary amides is 1. The lowest BCUT2D eigenvalue weighted by molar-refractivity contribution is -0.119. The summed E-state index contributed by atoms with van der Waals surface area (Å²) in [6.07, 6.45) is 0. The molecular weight excluding hydrogens is 397 g/mol. The molecule has 1 atom stereocenters. The Morgan fingerprint density at radius 3 is 2.54 bits per heavy atom. The third-order valence-electron chi connectivity index (χ3n) is 3.33. The molecular formula is C16H19Cl2N5O2S. The molecule has 140 valence electrons. The van der Waals surface area contributed by atoms with Gasteiger partial charge in [0.15, 0.2) is 11.0 Å². The highest BCUT2D eigenvalue weighted by atomic mass is 35.5. The first-order valence-corrected chi connectivity index (χ1v) is 9.48. The Labute approximate surface area is 165 Å². The van der Waals surface area contributed by atoms with Crippen molar-refractivity contribution < 1.29 is 9.59 Å². The minimum Gasteiger partial charge on any atom is -0.351 e. The van der Waals surface area contributed by atoms with Crippen LogP contribution in [0.5, 0.6) is 0 Å². The van der Waals surface area contributed by atoms with E-state index in [1.54, 1.807) is 25.1 Å². The molecule has 0 radical (unpaired) electrons. The van der Waals surface area contributed by atoms with Crippen LogP contribution in [0.15, 0.2) is 23.4 Å². The largest absolute Gasteiger partial charge is 0.351 e. The number of aromatic nitrogens is 3. The van der Waals surface area contributed by atoms with Crippen LogP contribution >= 0.6 is 35.0 Å². The van der Waals surface area contributed by atoms with Crippen molar-refractivity contribution in [2.24, 2.45) is 11.7 Å². The molecule has 3 N–H and O–H groups in total. The van der Waals surface area contributed by atoms with Gasteiger partial charge >= 0.3 is 6.03 Å². The fourth-order valence-electron chi connectivity index (χ4n) is 2.21. The first-order valence-electron chi connectivity index (χ1n) is 7.84. The lowest BCUT2D eigenvalue weighted by atomic mass is 10.2. The number of rotatable bonds is 6. The van der Waals surface area contributed by atoms with E-state index in [4.69, 9.17) is 28.9 Å². The summed E-state index contributed by atoms with van der Waals surface area (Å²) in [5.41, 5.74) is 5.69. The van der Waals surface area contributed by atoms with E-state index in [2.05, 4.69) is 29.4 Å². The van der Waals surface area contributed by atoms with E-state index >= 15 is 0 Å². The fraction of sp³-hybridized carbons (Fsp3) is 0.375. The molecule has 2 rings (SSSR count). The maximum atomic E-state index is 11.9. The lowest BCUT2D eigenvalue weighted by Gasteiger charge is -2.15. The summed E-state index contributed by atoms with van der Waals surface area (Å²) in [4.78, 5) is 22.8. The Hall–Kier alpha value is -1.77.